The molecule has 2 N–H and O–H groups in total. The quantitative estimate of drug-likeness (QED) is 0.226. The van der Waals surface area contributed by atoms with E-state index in [1.807, 2.05) is 18.2 Å². The maximum atomic E-state index is 12.0. The van der Waals surface area contributed by atoms with E-state index in [4.69, 9.17) is 23.2 Å². The van der Waals surface area contributed by atoms with Gasteiger partial charge in [-0.3, -0.25) is 9.45 Å². The summed E-state index contributed by atoms with van der Waals surface area (Å²) in [6, 6.07) is 13.2. The lowest BCUT2D eigenvalue weighted by molar-refractivity contribution is 0.0982. The topological polar surface area (TPSA) is 107 Å². The van der Waals surface area contributed by atoms with Gasteiger partial charge >= 0.3 is 10.3 Å². The summed E-state index contributed by atoms with van der Waals surface area (Å²) >= 11 is 13.2. The number of para-hydroxylation sites is 1. The van der Waals surface area contributed by atoms with Gasteiger partial charge in [-0.05, 0) is 44.2 Å². The molecule has 236 valence electrons. The van der Waals surface area contributed by atoms with Crippen LogP contribution < -0.4 is 10.2 Å². The van der Waals surface area contributed by atoms with Crippen molar-refractivity contribution >= 4 is 61.7 Å². The van der Waals surface area contributed by atoms with Crippen molar-refractivity contribution < 1.29 is 13.0 Å². The number of fused-ring (bicyclic) bond motifs is 1. The molecule has 0 radical (unpaired) electrons. The van der Waals surface area contributed by atoms with E-state index >= 15 is 0 Å². The molecule has 4 heterocycles. The first kappa shape index (κ1) is 32.5. The molecule has 2 aliphatic heterocycles. The number of piperidine rings is 1. The lowest BCUT2D eigenvalue weighted by Crippen LogP contribution is -2.52. The number of piperazine rings is 1. The summed E-state index contributed by atoms with van der Waals surface area (Å²) in [6.45, 7) is 10.7. The van der Waals surface area contributed by atoms with Crippen LogP contribution in [0.25, 0.3) is 22.2 Å². The molecule has 0 saturated carbocycles. The fraction of sp³-hybridized carbons (Fsp3) is 0.419. The Kier molecular flexibility index (Phi) is 10.3. The molecule has 2 aromatic carbocycles. The van der Waals surface area contributed by atoms with Crippen LogP contribution in [0.2, 0.25) is 10.0 Å². The molecule has 2 fully saturated rings. The molecule has 10 nitrogen and oxygen atoms in total. The third-order valence-electron chi connectivity index (χ3n) is 7.99. The predicted octanol–water partition coefficient (Wildman–Crippen LogP) is 6.43. The SMILES string of the molecule is CCC.CN1CCN(C2CCN(c3ccc(Nc4ncc(Cl)c(-c5cn(S(=O)(=O)O)c6ccccc56)n4)cc3Cl)CC2)CC1. The first-order chi connectivity index (χ1) is 21.1. The normalized spacial score (nSPS) is 17.0. The molecule has 2 aliphatic rings. The summed E-state index contributed by atoms with van der Waals surface area (Å²) < 4.78 is 34.5. The van der Waals surface area contributed by atoms with Crippen molar-refractivity contribution in [2.75, 3.05) is 56.5 Å². The zero-order chi connectivity index (χ0) is 31.4. The fourth-order valence-electron chi connectivity index (χ4n) is 5.77. The van der Waals surface area contributed by atoms with Crippen LogP contribution in [-0.4, -0.2) is 89.1 Å². The second kappa shape index (κ2) is 14.0. The van der Waals surface area contributed by atoms with E-state index in [0.29, 0.717) is 38.9 Å². The minimum absolute atomic E-state index is 0.238. The Morgan fingerprint density at radius 2 is 1.66 bits per heavy atom. The number of likely N-dealkylation sites (N-methyl/N-ethyl adjacent to an activating group) is 1. The Morgan fingerprint density at radius 3 is 2.32 bits per heavy atom. The van der Waals surface area contributed by atoms with E-state index < -0.39 is 10.3 Å². The van der Waals surface area contributed by atoms with E-state index in [-0.39, 0.29) is 11.0 Å². The largest absolute Gasteiger partial charge is 0.370 e. The highest BCUT2D eigenvalue weighted by atomic mass is 35.5. The Balaban J connectivity index is 0.00000123. The number of hydrogen-bond acceptors (Lipinski definition) is 8. The molecule has 2 aromatic heterocycles. The third-order valence-corrected chi connectivity index (χ3v) is 9.37. The number of nitrogens with one attached hydrogen (secondary N) is 1. The number of nitrogens with zero attached hydrogens (tertiary/aromatic N) is 6. The summed E-state index contributed by atoms with van der Waals surface area (Å²) in [6.07, 6.45) is 6.24. The Hall–Kier alpha value is -2.93. The molecule has 4 aromatic rings. The zero-order valence-electron chi connectivity index (χ0n) is 25.2. The van der Waals surface area contributed by atoms with Crippen molar-refractivity contribution in [3.05, 3.63) is 64.9 Å². The lowest BCUT2D eigenvalue weighted by atomic mass is 10.0. The predicted molar refractivity (Wildman–Crippen MR) is 180 cm³/mol. The second-order valence-electron chi connectivity index (χ2n) is 11.3. The van der Waals surface area contributed by atoms with E-state index in [2.05, 4.69) is 50.9 Å². The number of benzene rings is 2. The highest BCUT2D eigenvalue weighted by Crippen LogP contribution is 2.36. The Morgan fingerprint density at radius 1 is 0.977 bits per heavy atom. The van der Waals surface area contributed by atoms with Crippen LogP contribution in [0, 0.1) is 0 Å². The molecule has 0 amide bonds. The molecule has 44 heavy (non-hydrogen) atoms. The summed E-state index contributed by atoms with van der Waals surface area (Å²) in [7, 11) is -2.34. The van der Waals surface area contributed by atoms with Crippen molar-refractivity contribution in [2.45, 2.75) is 39.2 Å². The Labute approximate surface area is 269 Å². The number of rotatable bonds is 6. The van der Waals surface area contributed by atoms with Crippen LogP contribution in [0.1, 0.15) is 33.1 Å². The standard InChI is InChI=1S/C28H31Cl2N7O3S.C3H8/c1-34-12-14-35(15-13-34)20-8-10-36(11-9-20)26-7-6-19(16-23(26)29)32-28-31-17-24(30)27(33-28)22-18-37(41(38,39)40)25-5-3-2-4-21(22)25;1-3-2/h2-7,16-18,20H,8-15H2,1H3,(H,31,32,33)(H,38,39,40);3H2,1-2H3. The lowest BCUT2D eigenvalue weighted by Gasteiger charge is -2.42. The van der Waals surface area contributed by atoms with Gasteiger partial charge in [0.25, 0.3) is 0 Å². The summed E-state index contributed by atoms with van der Waals surface area (Å²) in [5.41, 5.74) is 2.80. The number of halogens is 2. The molecular formula is C31H39Cl2N7O3S. The van der Waals surface area contributed by atoms with Gasteiger partial charge in [0.15, 0.2) is 0 Å². The van der Waals surface area contributed by atoms with Gasteiger partial charge < -0.3 is 15.1 Å². The first-order valence-electron chi connectivity index (χ1n) is 14.9. The molecule has 2 saturated heterocycles. The van der Waals surface area contributed by atoms with Crippen molar-refractivity contribution in [1.82, 2.24) is 23.7 Å². The van der Waals surface area contributed by atoms with Gasteiger partial charge in [0.2, 0.25) is 5.95 Å². The molecule has 0 bridgehead atoms. The number of hydrogen-bond donors (Lipinski definition) is 2. The highest BCUT2D eigenvalue weighted by molar-refractivity contribution is 7.84. The van der Waals surface area contributed by atoms with Crippen LogP contribution in [0.5, 0.6) is 0 Å². The first-order valence-corrected chi connectivity index (χ1v) is 17.1. The monoisotopic (exact) mass is 659 g/mol. The molecule has 13 heteroatoms. The molecule has 0 spiro atoms. The summed E-state index contributed by atoms with van der Waals surface area (Å²) in [5.74, 6) is 0.268. The van der Waals surface area contributed by atoms with Crippen LogP contribution in [-0.2, 0) is 10.3 Å². The number of aromatic nitrogens is 3. The third kappa shape index (κ3) is 7.30. The molecule has 0 aliphatic carbocycles. The van der Waals surface area contributed by atoms with Gasteiger partial charge in [-0.1, -0.05) is 61.7 Å². The minimum Gasteiger partial charge on any atom is -0.370 e. The van der Waals surface area contributed by atoms with Crippen LogP contribution >= 0.6 is 23.2 Å². The van der Waals surface area contributed by atoms with Gasteiger partial charge in [0, 0.05) is 68.1 Å². The molecule has 6 rings (SSSR count). The van der Waals surface area contributed by atoms with Crippen LogP contribution in [0.15, 0.2) is 54.9 Å². The maximum Gasteiger partial charge on any atom is 0.363 e. The van der Waals surface area contributed by atoms with E-state index in [1.54, 1.807) is 24.3 Å². The molecular weight excluding hydrogens is 621 g/mol. The summed E-state index contributed by atoms with van der Waals surface area (Å²) in [5, 5.41) is 4.63. The fourth-order valence-corrected chi connectivity index (χ4v) is 6.91. The maximum absolute atomic E-state index is 12.0. The van der Waals surface area contributed by atoms with Gasteiger partial charge in [-0.2, -0.15) is 8.42 Å². The second-order valence-corrected chi connectivity index (χ2v) is 13.4. The average molecular weight is 661 g/mol. The van der Waals surface area contributed by atoms with Gasteiger partial charge in [0.05, 0.1) is 33.1 Å². The average Bonchev–Trinajstić information content (AvgIpc) is 3.40. The Bertz CT molecular complexity index is 1700. The van der Waals surface area contributed by atoms with Crippen molar-refractivity contribution in [3.63, 3.8) is 0 Å². The van der Waals surface area contributed by atoms with Crippen molar-refractivity contribution in [2.24, 2.45) is 0 Å². The van der Waals surface area contributed by atoms with Gasteiger partial charge in [-0.15, -0.1) is 0 Å². The number of anilines is 3. The highest BCUT2D eigenvalue weighted by Gasteiger charge is 2.27. The van der Waals surface area contributed by atoms with Gasteiger partial charge in [-0.25, -0.2) is 13.9 Å². The minimum atomic E-state index is -4.53. The van der Waals surface area contributed by atoms with Crippen LogP contribution in [0.3, 0.4) is 0 Å². The molecule has 0 unspecified atom stereocenters. The smallest absolute Gasteiger partial charge is 0.363 e. The van der Waals surface area contributed by atoms with Crippen molar-refractivity contribution in [1.29, 1.82) is 0 Å². The van der Waals surface area contributed by atoms with Crippen LogP contribution in [0.4, 0.5) is 17.3 Å². The van der Waals surface area contributed by atoms with Crippen molar-refractivity contribution in [3.8, 4) is 11.3 Å². The van der Waals surface area contributed by atoms with E-state index in [9.17, 15) is 13.0 Å². The van der Waals surface area contributed by atoms with Gasteiger partial charge in [0.1, 0.15) is 0 Å². The van der Waals surface area contributed by atoms with E-state index in [1.165, 1.54) is 18.8 Å². The zero-order valence-corrected chi connectivity index (χ0v) is 27.6. The molecule has 0 atom stereocenters. The summed E-state index contributed by atoms with van der Waals surface area (Å²) in [4.78, 5) is 16.3. The van der Waals surface area contributed by atoms with E-state index in [0.717, 1.165) is 61.8 Å².